The molecule has 1 heterocycles. The van der Waals surface area contributed by atoms with E-state index in [1.165, 1.54) is 12.8 Å². The molecule has 0 aliphatic rings. The maximum Gasteiger partial charge on any atom is 0.249 e. The van der Waals surface area contributed by atoms with Crippen LogP contribution >= 0.6 is 0 Å². The summed E-state index contributed by atoms with van der Waals surface area (Å²) in [6, 6.07) is 0. The Morgan fingerprint density at radius 1 is 1.48 bits per heavy atom. The van der Waals surface area contributed by atoms with E-state index in [0.717, 1.165) is 18.5 Å². The van der Waals surface area contributed by atoms with E-state index in [1.54, 1.807) is 20.0 Å². The molecule has 1 aromatic rings. The summed E-state index contributed by atoms with van der Waals surface area (Å²) in [6.07, 6.45) is 5.82. The van der Waals surface area contributed by atoms with E-state index in [4.69, 9.17) is 5.11 Å². The van der Waals surface area contributed by atoms with Gasteiger partial charge in [-0.2, -0.15) is 5.10 Å². The third-order valence-electron chi connectivity index (χ3n) is 3.54. The average Bonchev–Trinajstić information content (AvgIpc) is 2.92. The second kappa shape index (κ2) is 8.14. The molecule has 6 nitrogen and oxygen atoms in total. The van der Waals surface area contributed by atoms with Crippen molar-refractivity contribution in [1.82, 2.24) is 15.1 Å². The van der Waals surface area contributed by atoms with E-state index in [9.17, 15) is 9.90 Å². The second-order valence-electron chi connectivity index (χ2n) is 6.09. The highest BCUT2D eigenvalue weighted by atomic mass is 16.3. The van der Waals surface area contributed by atoms with Crippen molar-refractivity contribution in [2.45, 2.75) is 59.2 Å². The highest BCUT2D eigenvalue weighted by molar-refractivity contribution is 5.81. The molecule has 0 unspecified atom stereocenters. The monoisotopic (exact) mass is 297 g/mol. The zero-order valence-electron chi connectivity index (χ0n) is 13.2. The van der Waals surface area contributed by atoms with Crippen LogP contribution in [0.2, 0.25) is 0 Å². The quantitative estimate of drug-likeness (QED) is 0.595. The van der Waals surface area contributed by atoms with Gasteiger partial charge in [-0.05, 0) is 6.42 Å². The molecule has 0 aromatic carbocycles. The largest absolute Gasteiger partial charge is 0.396 e. The molecule has 0 spiro atoms. The lowest BCUT2D eigenvalue weighted by Crippen LogP contribution is -2.45. The molecule has 1 aromatic heterocycles. The van der Waals surface area contributed by atoms with Crippen molar-refractivity contribution in [1.29, 1.82) is 0 Å². The van der Waals surface area contributed by atoms with Crippen LogP contribution in [0.25, 0.3) is 0 Å². The molecule has 0 aliphatic carbocycles. The molecule has 0 fully saturated rings. The van der Waals surface area contributed by atoms with Crippen molar-refractivity contribution in [3.05, 3.63) is 18.0 Å². The fourth-order valence-corrected chi connectivity index (χ4v) is 1.87. The third kappa shape index (κ3) is 5.47. The van der Waals surface area contributed by atoms with Gasteiger partial charge in [-0.1, -0.05) is 33.6 Å². The van der Waals surface area contributed by atoms with E-state index < -0.39 is 17.4 Å². The predicted octanol–water partition coefficient (Wildman–Crippen LogP) is 1.07. The number of rotatable bonds is 9. The first kappa shape index (κ1) is 17.7. The number of aliphatic hydroxyl groups is 2. The van der Waals surface area contributed by atoms with Gasteiger partial charge in [0.25, 0.3) is 0 Å². The molecule has 0 aliphatic heterocycles. The van der Waals surface area contributed by atoms with E-state index in [0.29, 0.717) is 6.54 Å². The Labute approximate surface area is 126 Å². The Balaban J connectivity index is 2.43. The van der Waals surface area contributed by atoms with Crippen LogP contribution in [0, 0.1) is 5.41 Å². The van der Waals surface area contributed by atoms with Crippen molar-refractivity contribution in [2.75, 3.05) is 6.61 Å². The molecular weight excluding hydrogens is 270 g/mol. The van der Waals surface area contributed by atoms with Crippen LogP contribution in [0.5, 0.6) is 0 Å². The van der Waals surface area contributed by atoms with E-state index in [2.05, 4.69) is 17.3 Å². The smallest absolute Gasteiger partial charge is 0.249 e. The van der Waals surface area contributed by atoms with Crippen LogP contribution < -0.4 is 5.32 Å². The first-order valence-corrected chi connectivity index (χ1v) is 7.48. The summed E-state index contributed by atoms with van der Waals surface area (Å²) in [7, 11) is 0. The standard InChI is InChI=1S/C15H27N3O3/c1-4-5-6-7-18-10-12(9-17-18)8-16-14(21)13(20)15(2,3)11-19/h9-10,13,19-20H,4-8,11H2,1-3H3,(H,16,21)/t13-/m0/s1. The summed E-state index contributed by atoms with van der Waals surface area (Å²) in [4.78, 5) is 11.8. The summed E-state index contributed by atoms with van der Waals surface area (Å²) < 4.78 is 1.87. The Morgan fingerprint density at radius 3 is 2.81 bits per heavy atom. The van der Waals surface area contributed by atoms with Gasteiger partial charge in [0.05, 0.1) is 12.8 Å². The summed E-state index contributed by atoms with van der Waals surface area (Å²) in [5.74, 6) is -0.479. The van der Waals surface area contributed by atoms with Gasteiger partial charge < -0.3 is 15.5 Å². The van der Waals surface area contributed by atoms with Gasteiger partial charge in [0.15, 0.2) is 0 Å². The lowest BCUT2D eigenvalue weighted by Gasteiger charge is -2.27. The molecule has 1 amide bonds. The number of carbonyl (C=O) groups is 1. The number of carbonyl (C=O) groups excluding carboxylic acids is 1. The van der Waals surface area contributed by atoms with Crippen LogP contribution in [0.3, 0.4) is 0 Å². The SMILES string of the molecule is CCCCCn1cc(CNC(=O)[C@H](O)C(C)(C)CO)cn1. The van der Waals surface area contributed by atoms with E-state index in [-0.39, 0.29) is 6.61 Å². The fourth-order valence-electron chi connectivity index (χ4n) is 1.87. The summed E-state index contributed by atoms with van der Waals surface area (Å²) in [5.41, 5.74) is 0.0443. The van der Waals surface area contributed by atoms with Gasteiger partial charge in [-0.15, -0.1) is 0 Å². The van der Waals surface area contributed by atoms with Crippen molar-refractivity contribution in [2.24, 2.45) is 5.41 Å². The molecule has 0 saturated carbocycles. The van der Waals surface area contributed by atoms with Gasteiger partial charge in [0.1, 0.15) is 6.10 Å². The number of unbranched alkanes of at least 4 members (excludes halogenated alkanes) is 2. The predicted molar refractivity (Wildman–Crippen MR) is 80.5 cm³/mol. The number of aromatic nitrogens is 2. The third-order valence-corrected chi connectivity index (χ3v) is 3.54. The normalized spacial score (nSPS) is 13.2. The molecule has 3 N–H and O–H groups in total. The highest BCUT2D eigenvalue weighted by Gasteiger charge is 2.32. The number of hydrogen-bond donors (Lipinski definition) is 3. The summed E-state index contributed by atoms with van der Waals surface area (Å²) >= 11 is 0. The molecule has 1 rings (SSSR count). The van der Waals surface area contributed by atoms with Gasteiger partial charge in [-0.25, -0.2) is 0 Å². The zero-order chi connectivity index (χ0) is 15.9. The minimum absolute atomic E-state index is 0.253. The number of nitrogens with one attached hydrogen (secondary N) is 1. The molecular formula is C15H27N3O3. The number of amides is 1. The second-order valence-corrected chi connectivity index (χ2v) is 6.09. The number of hydrogen-bond acceptors (Lipinski definition) is 4. The minimum Gasteiger partial charge on any atom is -0.396 e. The van der Waals surface area contributed by atoms with Gasteiger partial charge >= 0.3 is 0 Å². The lowest BCUT2D eigenvalue weighted by atomic mass is 9.87. The van der Waals surface area contributed by atoms with Gasteiger partial charge in [-0.3, -0.25) is 9.48 Å². The molecule has 0 radical (unpaired) electrons. The molecule has 21 heavy (non-hydrogen) atoms. The van der Waals surface area contributed by atoms with Crippen molar-refractivity contribution in [3.63, 3.8) is 0 Å². The van der Waals surface area contributed by atoms with Crippen molar-refractivity contribution in [3.8, 4) is 0 Å². The number of nitrogens with zero attached hydrogens (tertiary/aromatic N) is 2. The van der Waals surface area contributed by atoms with Crippen LogP contribution in [0.1, 0.15) is 45.6 Å². The Morgan fingerprint density at radius 2 is 2.19 bits per heavy atom. The average molecular weight is 297 g/mol. The molecule has 1 atom stereocenters. The van der Waals surface area contributed by atoms with Crippen LogP contribution in [0.15, 0.2) is 12.4 Å². The minimum atomic E-state index is -1.23. The Bertz CT molecular complexity index is 443. The van der Waals surface area contributed by atoms with Crippen molar-refractivity contribution >= 4 is 5.91 Å². The molecule has 6 heteroatoms. The number of aryl methyl sites for hydroxylation is 1. The maximum atomic E-state index is 11.8. The molecule has 0 bridgehead atoms. The first-order chi connectivity index (χ1) is 9.90. The fraction of sp³-hybridized carbons (Fsp3) is 0.733. The lowest BCUT2D eigenvalue weighted by molar-refractivity contribution is -0.137. The highest BCUT2D eigenvalue weighted by Crippen LogP contribution is 2.19. The topological polar surface area (TPSA) is 87.4 Å². The van der Waals surface area contributed by atoms with Crippen LogP contribution in [0.4, 0.5) is 0 Å². The van der Waals surface area contributed by atoms with Gasteiger partial charge in [0, 0.05) is 30.3 Å². The van der Waals surface area contributed by atoms with Gasteiger partial charge in [0.2, 0.25) is 5.91 Å². The molecule has 0 saturated heterocycles. The summed E-state index contributed by atoms with van der Waals surface area (Å²) in [6.45, 7) is 6.39. The summed E-state index contributed by atoms with van der Waals surface area (Å²) in [5, 5.41) is 25.9. The van der Waals surface area contributed by atoms with Crippen molar-refractivity contribution < 1.29 is 15.0 Å². The van der Waals surface area contributed by atoms with Crippen LogP contribution in [-0.4, -0.2) is 38.6 Å². The maximum absolute atomic E-state index is 11.8. The molecule has 120 valence electrons. The van der Waals surface area contributed by atoms with E-state index in [1.807, 2.05) is 10.9 Å². The zero-order valence-corrected chi connectivity index (χ0v) is 13.2. The van der Waals surface area contributed by atoms with Crippen LogP contribution in [-0.2, 0) is 17.9 Å². The first-order valence-electron chi connectivity index (χ1n) is 7.48. The van der Waals surface area contributed by atoms with E-state index >= 15 is 0 Å². The Hall–Kier alpha value is -1.40. The number of aliphatic hydroxyl groups excluding tert-OH is 2. The Kier molecular flexibility index (Phi) is 6.84.